The van der Waals surface area contributed by atoms with E-state index in [4.69, 9.17) is 25.7 Å². The number of amides is 3. The molecule has 0 spiro atoms. The van der Waals surface area contributed by atoms with Gasteiger partial charge in [-0.25, -0.2) is 0 Å². The van der Waals surface area contributed by atoms with Crippen LogP contribution in [0.15, 0.2) is 36.4 Å². The molecule has 1 fully saturated rings. The lowest BCUT2D eigenvalue weighted by Crippen LogP contribution is -2.45. The highest BCUT2D eigenvalue weighted by molar-refractivity contribution is 6.01. The van der Waals surface area contributed by atoms with Gasteiger partial charge in [0, 0.05) is 49.2 Å². The van der Waals surface area contributed by atoms with Gasteiger partial charge >= 0.3 is 5.97 Å². The number of fused-ring (bicyclic) bond motifs is 1. The third kappa shape index (κ3) is 7.64. The van der Waals surface area contributed by atoms with Crippen molar-refractivity contribution < 1.29 is 33.4 Å². The summed E-state index contributed by atoms with van der Waals surface area (Å²) in [5.41, 5.74) is 13.6. The van der Waals surface area contributed by atoms with Gasteiger partial charge in [0.25, 0.3) is 11.8 Å². The van der Waals surface area contributed by atoms with E-state index in [9.17, 15) is 19.2 Å². The number of carbonyl (C=O) groups is 4. The zero-order chi connectivity index (χ0) is 31.3. The molecule has 11 nitrogen and oxygen atoms in total. The Morgan fingerprint density at radius 3 is 2.65 bits per heavy atom. The number of methoxy groups -OCH3 is 1. The summed E-state index contributed by atoms with van der Waals surface area (Å²) >= 11 is 0. The SMILES string of the molecule is COc1cc(C(=O)N2CCO[C@H](CC#Cc3cccc4c3CN([C@@H](CCC(=O)OC(C)(C)C)C(N)=O)C4=O)C2)ccc1N. The number of primary amides is 1. The van der Waals surface area contributed by atoms with Crippen molar-refractivity contribution in [3.63, 3.8) is 0 Å². The highest BCUT2D eigenvalue weighted by Gasteiger charge is 2.37. The third-order valence-corrected chi connectivity index (χ3v) is 7.20. The molecule has 2 aliphatic heterocycles. The van der Waals surface area contributed by atoms with Crippen LogP contribution in [-0.4, -0.2) is 78.0 Å². The summed E-state index contributed by atoms with van der Waals surface area (Å²) in [5, 5.41) is 0. The standard InChI is InChI=1S/C32H38N4O7/c1-32(2,3)43-28(37)14-13-26(29(34)38)36-19-24-20(8-6-10-23(24)31(36)40)7-5-9-22-18-35(15-16-42-22)30(39)21-11-12-25(33)27(17-21)41-4/h6,8,10-12,17,22,26H,9,13-16,18-19,33H2,1-4H3,(H2,34,38)/t22-,26+/m1/s1. The molecule has 2 atom stereocenters. The molecular weight excluding hydrogens is 552 g/mol. The molecule has 1 saturated heterocycles. The molecule has 228 valence electrons. The minimum atomic E-state index is -0.964. The molecule has 4 rings (SSSR count). The number of anilines is 1. The number of hydrogen-bond acceptors (Lipinski definition) is 8. The number of ether oxygens (including phenoxy) is 3. The van der Waals surface area contributed by atoms with Gasteiger partial charge in [-0.3, -0.25) is 19.2 Å². The number of nitrogens with two attached hydrogens (primary N) is 2. The first-order valence-electron chi connectivity index (χ1n) is 14.1. The van der Waals surface area contributed by atoms with E-state index in [-0.39, 0.29) is 37.3 Å². The fourth-order valence-electron chi connectivity index (χ4n) is 5.14. The van der Waals surface area contributed by atoms with Crippen LogP contribution in [0, 0.1) is 11.8 Å². The number of benzene rings is 2. The van der Waals surface area contributed by atoms with Crippen molar-refractivity contribution in [3.8, 4) is 17.6 Å². The van der Waals surface area contributed by atoms with Crippen LogP contribution in [0.25, 0.3) is 0 Å². The van der Waals surface area contributed by atoms with Crippen LogP contribution in [0.4, 0.5) is 5.69 Å². The molecule has 2 aromatic carbocycles. The van der Waals surface area contributed by atoms with Gasteiger partial charge in [-0.1, -0.05) is 17.9 Å². The number of carbonyl (C=O) groups excluding carboxylic acids is 4. The number of nitrogen functional groups attached to an aromatic ring is 1. The first-order valence-corrected chi connectivity index (χ1v) is 14.1. The van der Waals surface area contributed by atoms with Gasteiger partial charge in [-0.2, -0.15) is 0 Å². The van der Waals surface area contributed by atoms with Crippen molar-refractivity contribution in [2.45, 2.75) is 64.3 Å². The lowest BCUT2D eigenvalue weighted by molar-refractivity contribution is -0.155. The molecule has 2 aromatic rings. The van der Waals surface area contributed by atoms with Crippen LogP contribution >= 0.6 is 0 Å². The Labute approximate surface area is 251 Å². The second-order valence-corrected chi connectivity index (χ2v) is 11.5. The van der Waals surface area contributed by atoms with Gasteiger partial charge in [0.2, 0.25) is 5.91 Å². The monoisotopic (exact) mass is 590 g/mol. The zero-order valence-corrected chi connectivity index (χ0v) is 25.0. The maximum atomic E-state index is 13.2. The van der Waals surface area contributed by atoms with E-state index < -0.39 is 23.5 Å². The van der Waals surface area contributed by atoms with Crippen molar-refractivity contribution in [1.29, 1.82) is 0 Å². The Hall–Kier alpha value is -4.56. The van der Waals surface area contributed by atoms with E-state index in [0.29, 0.717) is 59.8 Å². The van der Waals surface area contributed by atoms with Crippen LogP contribution in [0.5, 0.6) is 5.75 Å². The first kappa shape index (κ1) is 31.4. The van der Waals surface area contributed by atoms with Crippen molar-refractivity contribution in [3.05, 3.63) is 58.7 Å². The maximum Gasteiger partial charge on any atom is 0.306 e. The summed E-state index contributed by atoms with van der Waals surface area (Å²) in [6, 6.07) is 9.22. The Kier molecular flexibility index (Phi) is 9.61. The van der Waals surface area contributed by atoms with E-state index in [0.717, 1.165) is 0 Å². The number of nitrogens with zero attached hydrogens (tertiary/aromatic N) is 2. The number of morpholine rings is 1. The van der Waals surface area contributed by atoms with E-state index in [2.05, 4.69) is 11.8 Å². The molecule has 0 aromatic heterocycles. The largest absolute Gasteiger partial charge is 0.495 e. The van der Waals surface area contributed by atoms with Crippen LogP contribution in [0.1, 0.15) is 71.9 Å². The van der Waals surface area contributed by atoms with Crippen molar-refractivity contribution in [2.75, 3.05) is 32.5 Å². The summed E-state index contributed by atoms with van der Waals surface area (Å²) in [7, 11) is 1.50. The predicted molar refractivity (Wildman–Crippen MR) is 159 cm³/mol. The Bertz CT molecular complexity index is 1470. The molecule has 0 unspecified atom stereocenters. The van der Waals surface area contributed by atoms with Crippen molar-refractivity contribution in [1.82, 2.24) is 9.80 Å². The molecule has 43 heavy (non-hydrogen) atoms. The summed E-state index contributed by atoms with van der Waals surface area (Å²) < 4.78 is 16.4. The average Bonchev–Trinajstić information content (AvgIpc) is 3.28. The van der Waals surface area contributed by atoms with Crippen molar-refractivity contribution >= 4 is 29.4 Å². The van der Waals surface area contributed by atoms with Gasteiger partial charge in [0.05, 0.1) is 25.5 Å². The van der Waals surface area contributed by atoms with Gasteiger partial charge < -0.3 is 35.5 Å². The minimum Gasteiger partial charge on any atom is -0.495 e. The second kappa shape index (κ2) is 13.2. The van der Waals surface area contributed by atoms with E-state index in [1.165, 1.54) is 12.0 Å². The van der Waals surface area contributed by atoms with Crippen LogP contribution in [0.3, 0.4) is 0 Å². The first-order chi connectivity index (χ1) is 20.4. The summed E-state index contributed by atoms with van der Waals surface area (Å²) in [5.74, 6) is 5.09. The molecule has 11 heteroatoms. The highest BCUT2D eigenvalue weighted by atomic mass is 16.6. The molecule has 2 heterocycles. The van der Waals surface area contributed by atoms with E-state index in [1.54, 1.807) is 56.0 Å². The molecule has 4 N–H and O–H groups in total. The van der Waals surface area contributed by atoms with Crippen LogP contribution in [-0.2, 0) is 25.6 Å². The zero-order valence-electron chi connectivity index (χ0n) is 25.0. The Morgan fingerprint density at radius 2 is 1.95 bits per heavy atom. The van der Waals surface area contributed by atoms with E-state index in [1.807, 2.05) is 6.07 Å². The maximum absolute atomic E-state index is 13.2. The number of esters is 1. The predicted octanol–water partition coefficient (Wildman–Crippen LogP) is 2.49. The van der Waals surface area contributed by atoms with E-state index >= 15 is 0 Å². The fraction of sp³-hybridized carbons (Fsp3) is 0.438. The fourth-order valence-corrected chi connectivity index (χ4v) is 5.14. The Balaban J connectivity index is 1.41. The van der Waals surface area contributed by atoms with Crippen molar-refractivity contribution in [2.24, 2.45) is 5.73 Å². The molecule has 2 aliphatic rings. The number of rotatable bonds is 8. The van der Waals surface area contributed by atoms with Crippen LogP contribution < -0.4 is 16.2 Å². The average molecular weight is 591 g/mol. The topological polar surface area (TPSA) is 154 Å². The Morgan fingerprint density at radius 1 is 1.19 bits per heavy atom. The molecule has 0 bridgehead atoms. The van der Waals surface area contributed by atoms with Gasteiger partial charge in [0.15, 0.2) is 0 Å². The number of hydrogen-bond donors (Lipinski definition) is 2. The summed E-state index contributed by atoms with van der Waals surface area (Å²) in [6.07, 6.45) is 0.0888. The highest BCUT2D eigenvalue weighted by Crippen LogP contribution is 2.29. The third-order valence-electron chi connectivity index (χ3n) is 7.20. The molecule has 3 amide bonds. The molecule has 0 radical (unpaired) electrons. The lowest BCUT2D eigenvalue weighted by Gasteiger charge is -2.32. The summed E-state index contributed by atoms with van der Waals surface area (Å²) in [4.78, 5) is 54.0. The van der Waals surface area contributed by atoms with Gasteiger partial charge in [-0.15, -0.1) is 0 Å². The smallest absolute Gasteiger partial charge is 0.306 e. The quantitative estimate of drug-likeness (QED) is 0.270. The lowest BCUT2D eigenvalue weighted by atomic mass is 10.0. The molecular formula is C32H38N4O7. The minimum absolute atomic E-state index is 0.0511. The summed E-state index contributed by atoms with van der Waals surface area (Å²) in [6.45, 7) is 6.63. The van der Waals surface area contributed by atoms with Gasteiger partial charge in [0.1, 0.15) is 17.4 Å². The van der Waals surface area contributed by atoms with Crippen LogP contribution in [0.2, 0.25) is 0 Å². The normalized spacial score (nSPS) is 17.0. The second-order valence-electron chi connectivity index (χ2n) is 11.5. The van der Waals surface area contributed by atoms with Gasteiger partial charge in [-0.05, 0) is 63.1 Å². The molecule has 0 saturated carbocycles. The molecule has 0 aliphatic carbocycles.